The van der Waals surface area contributed by atoms with Crippen LogP contribution >= 0.6 is 0 Å². The number of aromatic amines is 1. The molecule has 7 heteroatoms. The lowest BCUT2D eigenvalue weighted by Gasteiger charge is -2.32. The summed E-state index contributed by atoms with van der Waals surface area (Å²) in [5.74, 6) is 1.08. The summed E-state index contributed by atoms with van der Waals surface area (Å²) in [7, 11) is 0. The van der Waals surface area contributed by atoms with Crippen LogP contribution in [0.3, 0.4) is 0 Å². The van der Waals surface area contributed by atoms with Crippen LogP contribution in [-0.2, 0) is 16.0 Å². The Morgan fingerprint density at radius 2 is 2.15 bits per heavy atom. The number of pyridine rings is 1. The third kappa shape index (κ3) is 3.83. The molecule has 26 heavy (non-hydrogen) atoms. The Kier molecular flexibility index (Phi) is 4.79. The molecule has 0 unspecified atom stereocenters. The van der Waals surface area contributed by atoms with E-state index in [-0.39, 0.29) is 24.5 Å². The highest BCUT2D eigenvalue weighted by Gasteiger charge is 2.29. The molecule has 2 atom stereocenters. The molecule has 7 nitrogen and oxygen atoms in total. The Balaban J connectivity index is 1.39. The van der Waals surface area contributed by atoms with Crippen molar-refractivity contribution in [2.45, 2.75) is 25.0 Å². The molecule has 2 N–H and O–H groups in total. The number of nitrogens with one attached hydrogen (secondary N) is 2. The standard InChI is InChI=1S/C19H20N4O3/c24-18(11-17-21-13-5-1-2-6-14(13)22-17)23-15-12-25-10-8-16(15)26-19-7-3-4-9-20-19/h1-7,9,15-16H,8,10-12H2,(H,21,22)(H,23,24)/t15-,16-/m0/s1. The first-order chi connectivity index (χ1) is 12.8. The number of para-hydroxylation sites is 2. The molecule has 1 amide bonds. The van der Waals surface area contributed by atoms with Crippen molar-refractivity contribution in [2.75, 3.05) is 13.2 Å². The van der Waals surface area contributed by atoms with Crippen molar-refractivity contribution < 1.29 is 14.3 Å². The Labute approximate surface area is 150 Å². The zero-order chi connectivity index (χ0) is 17.8. The van der Waals surface area contributed by atoms with Crippen LogP contribution in [0.25, 0.3) is 11.0 Å². The monoisotopic (exact) mass is 352 g/mol. The van der Waals surface area contributed by atoms with Gasteiger partial charge in [0.2, 0.25) is 11.8 Å². The van der Waals surface area contributed by atoms with Gasteiger partial charge in [0.25, 0.3) is 0 Å². The number of rotatable bonds is 5. The average Bonchev–Trinajstić information content (AvgIpc) is 3.06. The van der Waals surface area contributed by atoms with Gasteiger partial charge in [-0.05, 0) is 18.2 Å². The molecular weight excluding hydrogens is 332 g/mol. The zero-order valence-corrected chi connectivity index (χ0v) is 14.2. The summed E-state index contributed by atoms with van der Waals surface area (Å²) in [5.41, 5.74) is 1.78. The molecule has 2 aromatic heterocycles. The maximum Gasteiger partial charge on any atom is 0.228 e. The van der Waals surface area contributed by atoms with Gasteiger partial charge in [-0.25, -0.2) is 9.97 Å². The van der Waals surface area contributed by atoms with Gasteiger partial charge in [0, 0.05) is 18.7 Å². The molecule has 0 saturated carbocycles. The molecule has 1 aliphatic heterocycles. The molecule has 0 radical (unpaired) electrons. The summed E-state index contributed by atoms with van der Waals surface area (Å²) in [6.45, 7) is 1.02. The molecular formula is C19H20N4O3. The van der Waals surface area contributed by atoms with E-state index in [1.165, 1.54) is 0 Å². The van der Waals surface area contributed by atoms with Crippen molar-refractivity contribution in [2.24, 2.45) is 0 Å². The first kappa shape index (κ1) is 16.5. The van der Waals surface area contributed by atoms with Gasteiger partial charge in [0.15, 0.2) is 0 Å². The van der Waals surface area contributed by atoms with E-state index in [4.69, 9.17) is 9.47 Å². The van der Waals surface area contributed by atoms with Crippen LogP contribution < -0.4 is 10.1 Å². The topological polar surface area (TPSA) is 89.1 Å². The lowest BCUT2D eigenvalue weighted by Crippen LogP contribution is -2.52. The fraction of sp³-hybridized carbons (Fsp3) is 0.316. The summed E-state index contributed by atoms with van der Waals surface area (Å²) in [5, 5.41) is 3.01. The minimum atomic E-state index is -0.220. The van der Waals surface area contributed by atoms with Gasteiger partial charge in [0.1, 0.15) is 11.9 Å². The van der Waals surface area contributed by atoms with Crippen molar-refractivity contribution in [1.29, 1.82) is 0 Å². The summed E-state index contributed by atoms with van der Waals surface area (Å²) >= 11 is 0. The number of hydrogen-bond acceptors (Lipinski definition) is 5. The van der Waals surface area contributed by atoms with Gasteiger partial charge in [-0.15, -0.1) is 0 Å². The van der Waals surface area contributed by atoms with Crippen LogP contribution in [0.1, 0.15) is 12.2 Å². The maximum atomic E-state index is 12.5. The maximum absolute atomic E-state index is 12.5. The number of amides is 1. The van der Waals surface area contributed by atoms with Gasteiger partial charge < -0.3 is 19.8 Å². The fourth-order valence-electron chi connectivity index (χ4n) is 3.07. The largest absolute Gasteiger partial charge is 0.472 e. The highest BCUT2D eigenvalue weighted by Crippen LogP contribution is 2.16. The predicted octanol–water partition coefficient (Wildman–Crippen LogP) is 1.85. The number of imidazole rings is 1. The number of H-pyrrole nitrogens is 1. The van der Waals surface area contributed by atoms with Crippen molar-refractivity contribution in [1.82, 2.24) is 20.3 Å². The van der Waals surface area contributed by atoms with E-state index in [2.05, 4.69) is 20.3 Å². The number of carbonyl (C=O) groups is 1. The Bertz CT molecular complexity index is 848. The lowest BCUT2D eigenvalue weighted by atomic mass is 10.1. The quantitative estimate of drug-likeness (QED) is 0.732. The van der Waals surface area contributed by atoms with E-state index in [1.54, 1.807) is 6.20 Å². The number of benzene rings is 1. The minimum absolute atomic E-state index is 0.117. The molecule has 4 rings (SSSR count). The molecule has 3 heterocycles. The molecule has 0 spiro atoms. The average molecular weight is 352 g/mol. The predicted molar refractivity (Wildman–Crippen MR) is 95.8 cm³/mol. The van der Waals surface area contributed by atoms with Crippen LogP contribution in [0.2, 0.25) is 0 Å². The first-order valence-electron chi connectivity index (χ1n) is 8.66. The molecule has 1 fully saturated rings. The number of hydrogen-bond donors (Lipinski definition) is 2. The van der Waals surface area contributed by atoms with Gasteiger partial charge in [-0.1, -0.05) is 18.2 Å². The van der Waals surface area contributed by atoms with Gasteiger partial charge >= 0.3 is 0 Å². The second-order valence-electron chi connectivity index (χ2n) is 6.24. The van der Waals surface area contributed by atoms with Gasteiger partial charge in [0.05, 0.1) is 36.7 Å². The second-order valence-corrected chi connectivity index (χ2v) is 6.24. The SMILES string of the molecule is O=C(Cc1nc2ccccc2[nH]1)N[C@H]1COCC[C@@H]1Oc1ccccn1. The Hall–Kier alpha value is -2.93. The zero-order valence-electron chi connectivity index (χ0n) is 14.2. The molecule has 1 aliphatic rings. The van der Waals surface area contributed by atoms with E-state index in [0.29, 0.717) is 31.3 Å². The van der Waals surface area contributed by atoms with E-state index in [9.17, 15) is 4.79 Å². The van der Waals surface area contributed by atoms with Crippen molar-refractivity contribution in [3.05, 3.63) is 54.5 Å². The number of fused-ring (bicyclic) bond motifs is 1. The van der Waals surface area contributed by atoms with E-state index in [0.717, 1.165) is 11.0 Å². The van der Waals surface area contributed by atoms with E-state index in [1.807, 2.05) is 42.5 Å². The molecule has 134 valence electrons. The van der Waals surface area contributed by atoms with Crippen molar-refractivity contribution >= 4 is 16.9 Å². The third-order valence-electron chi connectivity index (χ3n) is 4.32. The Morgan fingerprint density at radius 3 is 3.00 bits per heavy atom. The summed E-state index contributed by atoms with van der Waals surface area (Å²) in [6, 6.07) is 13.0. The van der Waals surface area contributed by atoms with E-state index >= 15 is 0 Å². The summed E-state index contributed by atoms with van der Waals surface area (Å²) < 4.78 is 11.4. The van der Waals surface area contributed by atoms with Gasteiger partial charge in [-0.3, -0.25) is 4.79 Å². The second kappa shape index (κ2) is 7.53. The lowest BCUT2D eigenvalue weighted by molar-refractivity contribution is -0.123. The van der Waals surface area contributed by atoms with Gasteiger partial charge in [-0.2, -0.15) is 0 Å². The normalized spacial score (nSPS) is 20.0. The van der Waals surface area contributed by atoms with Crippen LogP contribution in [0.5, 0.6) is 5.88 Å². The van der Waals surface area contributed by atoms with Crippen molar-refractivity contribution in [3.8, 4) is 5.88 Å². The van der Waals surface area contributed by atoms with Crippen LogP contribution in [-0.4, -0.2) is 46.2 Å². The molecule has 0 bridgehead atoms. The number of aromatic nitrogens is 3. The summed E-state index contributed by atoms with van der Waals surface area (Å²) in [6.07, 6.45) is 2.40. The number of carbonyl (C=O) groups excluding carboxylic acids is 1. The van der Waals surface area contributed by atoms with Crippen molar-refractivity contribution in [3.63, 3.8) is 0 Å². The molecule has 1 aromatic carbocycles. The molecule has 3 aromatic rings. The van der Waals surface area contributed by atoms with Crippen LogP contribution in [0, 0.1) is 0 Å². The smallest absolute Gasteiger partial charge is 0.228 e. The molecule has 0 aliphatic carbocycles. The summed E-state index contributed by atoms with van der Waals surface area (Å²) in [4.78, 5) is 24.3. The third-order valence-corrected chi connectivity index (χ3v) is 4.32. The highest BCUT2D eigenvalue weighted by molar-refractivity contribution is 5.80. The van der Waals surface area contributed by atoms with Crippen LogP contribution in [0.15, 0.2) is 48.7 Å². The van der Waals surface area contributed by atoms with E-state index < -0.39 is 0 Å². The Morgan fingerprint density at radius 1 is 1.27 bits per heavy atom. The highest BCUT2D eigenvalue weighted by atomic mass is 16.5. The molecule has 1 saturated heterocycles. The number of ether oxygens (including phenoxy) is 2. The van der Waals surface area contributed by atoms with Crippen LogP contribution in [0.4, 0.5) is 0 Å². The number of nitrogens with zero attached hydrogens (tertiary/aromatic N) is 2. The first-order valence-corrected chi connectivity index (χ1v) is 8.66. The minimum Gasteiger partial charge on any atom is -0.472 e. The fourth-order valence-corrected chi connectivity index (χ4v) is 3.07.